The molecule has 0 aliphatic heterocycles. The van der Waals surface area contributed by atoms with E-state index in [2.05, 4.69) is 5.32 Å². The molecule has 1 aromatic rings. The van der Waals surface area contributed by atoms with Crippen molar-refractivity contribution in [1.29, 1.82) is 0 Å². The summed E-state index contributed by atoms with van der Waals surface area (Å²) in [4.78, 5) is 24.6. The molecule has 0 bridgehead atoms. The minimum atomic E-state index is -0.875. The molecule has 0 radical (unpaired) electrons. The van der Waals surface area contributed by atoms with Crippen LogP contribution in [0, 0.1) is 5.82 Å². The quantitative estimate of drug-likeness (QED) is 0.831. The van der Waals surface area contributed by atoms with Crippen molar-refractivity contribution >= 4 is 29.1 Å². The van der Waals surface area contributed by atoms with Crippen LogP contribution in [-0.2, 0) is 9.59 Å². The Morgan fingerprint density at radius 2 is 2.15 bits per heavy atom. The summed E-state index contributed by atoms with van der Waals surface area (Å²) in [5.41, 5.74) is 0.147. The van der Waals surface area contributed by atoms with Crippen LogP contribution >= 0.6 is 11.6 Å². The minimum absolute atomic E-state index is 0.0663. The van der Waals surface area contributed by atoms with Crippen molar-refractivity contribution in [3.05, 3.63) is 29.0 Å². The van der Waals surface area contributed by atoms with Crippen molar-refractivity contribution < 1.29 is 19.1 Å². The summed E-state index contributed by atoms with van der Waals surface area (Å²) in [6.45, 7) is 1.84. The Morgan fingerprint density at radius 1 is 1.50 bits per heavy atom. The van der Waals surface area contributed by atoms with Crippen molar-refractivity contribution in [2.75, 3.05) is 18.9 Å². The first kappa shape index (κ1) is 16.4. The molecule has 0 saturated heterocycles. The van der Waals surface area contributed by atoms with E-state index in [-0.39, 0.29) is 17.3 Å². The van der Waals surface area contributed by atoms with Crippen molar-refractivity contribution in [3.63, 3.8) is 0 Å². The van der Waals surface area contributed by atoms with Crippen molar-refractivity contribution in [2.45, 2.75) is 19.4 Å². The molecule has 1 atom stereocenters. The van der Waals surface area contributed by atoms with Gasteiger partial charge in [0.2, 0.25) is 0 Å². The van der Waals surface area contributed by atoms with Crippen LogP contribution in [0.3, 0.4) is 0 Å². The first-order valence-corrected chi connectivity index (χ1v) is 6.38. The first-order chi connectivity index (χ1) is 9.31. The highest BCUT2D eigenvalue weighted by molar-refractivity contribution is 6.39. The molecule has 0 saturated carbocycles. The minimum Gasteiger partial charge on any atom is -0.393 e. The normalized spacial score (nSPS) is 11.8. The summed E-state index contributed by atoms with van der Waals surface area (Å²) in [6.07, 6.45) is -0.191. The third-order valence-electron chi connectivity index (χ3n) is 2.60. The van der Waals surface area contributed by atoms with E-state index in [1.165, 1.54) is 24.1 Å². The number of halogens is 2. The molecule has 2 amide bonds. The number of nitrogens with zero attached hydrogens (tertiary/aromatic N) is 1. The Kier molecular flexibility index (Phi) is 5.91. The molecule has 7 heteroatoms. The molecular formula is C13H16ClFN2O3. The number of aliphatic hydroxyl groups is 1. The van der Waals surface area contributed by atoms with Gasteiger partial charge in [-0.2, -0.15) is 0 Å². The highest BCUT2D eigenvalue weighted by Crippen LogP contribution is 2.18. The van der Waals surface area contributed by atoms with E-state index in [0.29, 0.717) is 6.42 Å². The number of amides is 2. The van der Waals surface area contributed by atoms with E-state index < -0.39 is 23.7 Å². The van der Waals surface area contributed by atoms with Crippen LogP contribution in [0.5, 0.6) is 0 Å². The standard InChI is InChI=1S/C13H16ClFN2O3/c1-8(18)5-6-17(2)13(20)12(19)16-9-3-4-10(14)11(15)7-9/h3-4,7-8,18H,5-6H2,1-2H3,(H,16,19). The van der Waals surface area contributed by atoms with E-state index >= 15 is 0 Å². The second kappa shape index (κ2) is 7.21. The van der Waals surface area contributed by atoms with Gasteiger partial charge >= 0.3 is 11.8 Å². The Hall–Kier alpha value is -1.66. The van der Waals surface area contributed by atoms with Gasteiger partial charge in [-0.15, -0.1) is 0 Å². The van der Waals surface area contributed by atoms with Crippen LogP contribution in [-0.4, -0.2) is 41.5 Å². The number of carbonyl (C=O) groups is 2. The van der Waals surface area contributed by atoms with Crippen LogP contribution in [0.2, 0.25) is 5.02 Å². The molecule has 0 spiro atoms. The smallest absolute Gasteiger partial charge is 0.313 e. The number of carbonyl (C=O) groups excluding carboxylic acids is 2. The number of likely N-dealkylation sites (N-methyl/N-ethyl adjacent to an activating group) is 1. The van der Waals surface area contributed by atoms with Gasteiger partial charge in [0, 0.05) is 19.3 Å². The number of rotatable bonds is 4. The molecule has 0 fully saturated rings. The summed E-state index contributed by atoms with van der Waals surface area (Å²) < 4.78 is 13.2. The Labute approximate surface area is 121 Å². The van der Waals surface area contributed by atoms with Gasteiger partial charge in [0.25, 0.3) is 0 Å². The van der Waals surface area contributed by atoms with E-state index in [9.17, 15) is 14.0 Å². The van der Waals surface area contributed by atoms with Crippen LogP contribution in [0.25, 0.3) is 0 Å². The monoisotopic (exact) mass is 302 g/mol. The van der Waals surface area contributed by atoms with E-state index in [1.807, 2.05) is 0 Å². The highest BCUT2D eigenvalue weighted by Gasteiger charge is 2.19. The Balaban J connectivity index is 2.61. The highest BCUT2D eigenvalue weighted by atomic mass is 35.5. The number of anilines is 1. The maximum Gasteiger partial charge on any atom is 0.313 e. The lowest BCUT2D eigenvalue weighted by molar-refractivity contribution is -0.142. The lowest BCUT2D eigenvalue weighted by Crippen LogP contribution is -2.38. The van der Waals surface area contributed by atoms with Gasteiger partial charge in [0.15, 0.2) is 0 Å². The molecule has 1 unspecified atom stereocenters. The van der Waals surface area contributed by atoms with Gasteiger partial charge in [-0.25, -0.2) is 4.39 Å². The van der Waals surface area contributed by atoms with Crippen molar-refractivity contribution in [2.24, 2.45) is 0 Å². The molecule has 1 aromatic carbocycles. The number of hydrogen-bond acceptors (Lipinski definition) is 3. The molecule has 0 aliphatic carbocycles. The lowest BCUT2D eigenvalue weighted by Gasteiger charge is -2.17. The Bertz CT molecular complexity index is 508. The van der Waals surface area contributed by atoms with Gasteiger partial charge in [0.05, 0.1) is 11.1 Å². The van der Waals surface area contributed by atoms with Gasteiger partial charge in [-0.05, 0) is 31.5 Å². The fourth-order valence-electron chi connectivity index (χ4n) is 1.41. The average molecular weight is 303 g/mol. The summed E-state index contributed by atoms with van der Waals surface area (Å²) in [7, 11) is 1.45. The van der Waals surface area contributed by atoms with Gasteiger partial charge in [0.1, 0.15) is 5.82 Å². The van der Waals surface area contributed by atoms with E-state index in [1.54, 1.807) is 6.92 Å². The zero-order chi connectivity index (χ0) is 15.3. The molecule has 20 heavy (non-hydrogen) atoms. The maximum atomic E-state index is 13.2. The van der Waals surface area contributed by atoms with Crippen LogP contribution in [0.15, 0.2) is 18.2 Å². The predicted molar refractivity (Wildman–Crippen MR) is 74.0 cm³/mol. The van der Waals surface area contributed by atoms with E-state index in [4.69, 9.17) is 16.7 Å². The number of nitrogens with one attached hydrogen (secondary N) is 1. The third kappa shape index (κ3) is 4.79. The topological polar surface area (TPSA) is 69.6 Å². The first-order valence-electron chi connectivity index (χ1n) is 6.01. The zero-order valence-electron chi connectivity index (χ0n) is 11.2. The van der Waals surface area contributed by atoms with Gasteiger partial charge in [-0.3, -0.25) is 9.59 Å². The third-order valence-corrected chi connectivity index (χ3v) is 2.91. The summed E-state index contributed by atoms with van der Waals surface area (Å²) >= 11 is 5.51. The largest absolute Gasteiger partial charge is 0.393 e. The van der Waals surface area contributed by atoms with Crippen molar-refractivity contribution in [3.8, 4) is 0 Å². The molecule has 1 rings (SSSR count). The Morgan fingerprint density at radius 3 is 2.70 bits per heavy atom. The van der Waals surface area contributed by atoms with Crippen LogP contribution < -0.4 is 5.32 Å². The molecule has 5 nitrogen and oxygen atoms in total. The second-order valence-corrected chi connectivity index (χ2v) is 4.85. The lowest BCUT2D eigenvalue weighted by atomic mass is 10.2. The molecule has 0 heterocycles. The number of aliphatic hydroxyl groups excluding tert-OH is 1. The average Bonchev–Trinajstić information content (AvgIpc) is 2.39. The zero-order valence-corrected chi connectivity index (χ0v) is 11.9. The molecule has 0 aromatic heterocycles. The fraction of sp³-hybridized carbons (Fsp3) is 0.385. The fourth-order valence-corrected chi connectivity index (χ4v) is 1.53. The van der Waals surface area contributed by atoms with E-state index in [0.717, 1.165) is 6.07 Å². The number of benzene rings is 1. The maximum absolute atomic E-state index is 13.2. The molecule has 110 valence electrons. The van der Waals surface area contributed by atoms with Crippen molar-refractivity contribution in [1.82, 2.24) is 4.90 Å². The van der Waals surface area contributed by atoms with Gasteiger partial charge in [-0.1, -0.05) is 11.6 Å². The van der Waals surface area contributed by atoms with Gasteiger partial charge < -0.3 is 15.3 Å². The predicted octanol–water partition coefficient (Wildman–Crippen LogP) is 1.65. The number of hydrogen-bond donors (Lipinski definition) is 2. The van der Waals surface area contributed by atoms with Crippen LogP contribution in [0.1, 0.15) is 13.3 Å². The molecule has 2 N–H and O–H groups in total. The summed E-state index contributed by atoms with van der Waals surface area (Å²) in [5, 5.41) is 11.3. The van der Waals surface area contributed by atoms with Crippen LogP contribution in [0.4, 0.5) is 10.1 Å². The SMILES string of the molecule is CC(O)CCN(C)C(=O)C(=O)Nc1ccc(Cl)c(F)c1. The second-order valence-electron chi connectivity index (χ2n) is 4.45. The summed E-state index contributed by atoms with van der Waals surface area (Å²) in [5.74, 6) is -2.32. The summed E-state index contributed by atoms with van der Waals surface area (Å²) in [6, 6.07) is 3.71. The molecular weight excluding hydrogens is 287 g/mol. The molecule has 0 aliphatic rings.